The number of para-hydroxylation sites is 1. The smallest absolute Gasteiger partial charge is 0.0785 e. The van der Waals surface area contributed by atoms with Gasteiger partial charge >= 0.3 is 0 Å². The topological polar surface area (TPSA) is 38.0 Å². The lowest BCUT2D eigenvalue weighted by Gasteiger charge is -2.21. The maximum Gasteiger partial charge on any atom is 0.0785 e. The first-order valence-electron chi connectivity index (χ1n) is 6.46. The predicted octanol–water partition coefficient (Wildman–Crippen LogP) is 2.90. The Morgan fingerprint density at radius 2 is 1.94 bits per heavy atom. The number of aliphatic hydroxyl groups excluding tert-OH is 1. The largest absolute Gasteiger partial charge is 0.391 e. The van der Waals surface area contributed by atoms with Gasteiger partial charge in [0.15, 0.2) is 0 Å². The van der Waals surface area contributed by atoms with E-state index in [-0.39, 0.29) is 12.1 Å². The van der Waals surface area contributed by atoms with Crippen molar-refractivity contribution in [1.82, 2.24) is 9.78 Å². The Morgan fingerprint density at radius 1 is 1.12 bits per heavy atom. The second-order valence-corrected chi connectivity index (χ2v) is 4.92. The molecule has 2 atom stereocenters. The summed E-state index contributed by atoms with van der Waals surface area (Å²) in [5.74, 6) is 0. The van der Waals surface area contributed by atoms with Crippen LogP contribution in [0.2, 0.25) is 0 Å². The zero-order valence-corrected chi connectivity index (χ0v) is 9.92. The van der Waals surface area contributed by atoms with Gasteiger partial charge in [0, 0.05) is 5.39 Å². The van der Waals surface area contributed by atoms with Crippen LogP contribution in [0.3, 0.4) is 0 Å². The number of rotatable bonds is 1. The molecule has 1 aromatic carbocycles. The summed E-state index contributed by atoms with van der Waals surface area (Å²) < 4.78 is 2.02. The van der Waals surface area contributed by atoms with E-state index in [4.69, 9.17) is 0 Å². The second kappa shape index (κ2) is 4.49. The van der Waals surface area contributed by atoms with Gasteiger partial charge in [-0.25, -0.2) is 0 Å². The summed E-state index contributed by atoms with van der Waals surface area (Å²) in [4.78, 5) is 0. The fourth-order valence-corrected chi connectivity index (χ4v) is 2.81. The van der Waals surface area contributed by atoms with E-state index < -0.39 is 0 Å². The Hall–Kier alpha value is -1.35. The Bertz CT molecular complexity index is 506. The molecule has 1 saturated carbocycles. The summed E-state index contributed by atoms with van der Waals surface area (Å²) in [5, 5.41) is 15.8. The molecule has 0 spiro atoms. The van der Waals surface area contributed by atoms with Crippen LogP contribution in [0.4, 0.5) is 0 Å². The van der Waals surface area contributed by atoms with E-state index in [1.807, 2.05) is 23.0 Å². The van der Waals surface area contributed by atoms with Gasteiger partial charge in [-0.3, -0.25) is 4.68 Å². The molecule has 90 valence electrons. The maximum absolute atomic E-state index is 10.2. The molecule has 0 saturated heterocycles. The highest BCUT2D eigenvalue weighted by Gasteiger charge is 2.24. The van der Waals surface area contributed by atoms with Crippen molar-refractivity contribution < 1.29 is 5.11 Å². The lowest BCUT2D eigenvalue weighted by Crippen LogP contribution is -2.23. The minimum atomic E-state index is -0.249. The Morgan fingerprint density at radius 3 is 2.88 bits per heavy atom. The minimum Gasteiger partial charge on any atom is -0.391 e. The molecule has 2 aromatic rings. The first kappa shape index (κ1) is 10.8. The second-order valence-electron chi connectivity index (χ2n) is 4.92. The van der Waals surface area contributed by atoms with Crippen LogP contribution in [0.25, 0.3) is 10.9 Å². The molecule has 1 fully saturated rings. The fraction of sp³-hybridized carbons (Fsp3) is 0.500. The predicted molar refractivity (Wildman–Crippen MR) is 67.9 cm³/mol. The Balaban J connectivity index is 2.01. The van der Waals surface area contributed by atoms with Gasteiger partial charge in [0.1, 0.15) is 0 Å². The summed E-state index contributed by atoms with van der Waals surface area (Å²) in [5.41, 5.74) is 1.14. The molecular formula is C14H18N2O. The van der Waals surface area contributed by atoms with Gasteiger partial charge in [0.05, 0.1) is 23.9 Å². The minimum absolute atomic E-state index is 0.150. The van der Waals surface area contributed by atoms with Crippen LogP contribution in [0.15, 0.2) is 30.5 Å². The average Bonchev–Trinajstić information content (AvgIpc) is 2.66. The number of hydrogen-bond donors (Lipinski definition) is 1. The van der Waals surface area contributed by atoms with Crippen molar-refractivity contribution in [3.63, 3.8) is 0 Å². The van der Waals surface area contributed by atoms with E-state index in [0.717, 1.165) is 30.2 Å². The van der Waals surface area contributed by atoms with E-state index in [1.165, 1.54) is 12.8 Å². The fourth-order valence-electron chi connectivity index (χ4n) is 2.81. The van der Waals surface area contributed by atoms with Crippen molar-refractivity contribution >= 4 is 10.9 Å². The van der Waals surface area contributed by atoms with Crippen LogP contribution in [0, 0.1) is 0 Å². The van der Waals surface area contributed by atoms with E-state index in [0.29, 0.717) is 0 Å². The standard InChI is InChI=1S/C14H18N2O/c17-14-9-3-1-2-8-13(14)16-12-7-5-4-6-11(12)10-15-16/h4-7,10,13-14,17H,1-3,8-9H2. The molecule has 1 heterocycles. The SMILES string of the molecule is OC1CCCCCC1n1ncc2ccccc21. The van der Waals surface area contributed by atoms with Crippen molar-refractivity contribution in [2.75, 3.05) is 0 Å². The highest BCUT2D eigenvalue weighted by Crippen LogP contribution is 2.29. The highest BCUT2D eigenvalue weighted by atomic mass is 16.3. The summed E-state index contributed by atoms with van der Waals surface area (Å²) in [6.45, 7) is 0. The summed E-state index contributed by atoms with van der Waals surface area (Å²) in [6, 6.07) is 8.36. The van der Waals surface area contributed by atoms with Gasteiger partial charge in [0.2, 0.25) is 0 Å². The summed E-state index contributed by atoms with van der Waals surface area (Å²) in [7, 11) is 0. The third kappa shape index (κ3) is 1.95. The maximum atomic E-state index is 10.2. The van der Waals surface area contributed by atoms with Crippen molar-refractivity contribution in [3.05, 3.63) is 30.5 Å². The third-order valence-electron chi connectivity index (χ3n) is 3.76. The van der Waals surface area contributed by atoms with E-state index in [2.05, 4.69) is 17.2 Å². The molecule has 1 N–H and O–H groups in total. The monoisotopic (exact) mass is 230 g/mol. The molecule has 2 unspecified atom stereocenters. The molecule has 1 aliphatic carbocycles. The quantitative estimate of drug-likeness (QED) is 0.765. The van der Waals surface area contributed by atoms with Crippen LogP contribution in [-0.2, 0) is 0 Å². The van der Waals surface area contributed by atoms with Crippen LogP contribution >= 0.6 is 0 Å². The molecule has 0 radical (unpaired) electrons. The highest BCUT2D eigenvalue weighted by molar-refractivity contribution is 5.78. The van der Waals surface area contributed by atoms with E-state index >= 15 is 0 Å². The Kier molecular flexibility index (Phi) is 2.85. The van der Waals surface area contributed by atoms with Gasteiger partial charge < -0.3 is 5.11 Å². The first-order valence-corrected chi connectivity index (χ1v) is 6.46. The van der Waals surface area contributed by atoms with Crippen molar-refractivity contribution in [2.45, 2.75) is 44.2 Å². The molecule has 1 aromatic heterocycles. The number of hydrogen-bond acceptors (Lipinski definition) is 2. The number of fused-ring (bicyclic) bond motifs is 1. The third-order valence-corrected chi connectivity index (χ3v) is 3.76. The molecule has 0 aliphatic heterocycles. The van der Waals surface area contributed by atoms with Gasteiger partial charge in [-0.1, -0.05) is 37.5 Å². The Labute approximate surface area is 101 Å². The number of nitrogens with zero attached hydrogens (tertiary/aromatic N) is 2. The lowest BCUT2D eigenvalue weighted by atomic mass is 10.1. The number of benzene rings is 1. The normalized spacial score (nSPS) is 25.9. The van der Waals surface area contributed by atoms with Gasteiger partial charge in [-0.05, 0) is 18.9 Å². The zero-order chi connectivity index (χ0) is 11.7. The van der Waals surface area contributed by atoms with Gasteiger partial charge in [0.25, 0.3) is 0 Å². The molecule has 3 heteroatoms. The summed E-state index contributed by atoms with van der Waals surface area (Å²) >= 11 is 0. The molecular weight excluding hydrogens is 212 g/mol. The van der Waals surface area contributed by atoms with Gasteiger partial charge in [-0.2, -0.15) is 5.10 Å². The van der Waals surface area contributed by atoms with Crippen molar-refractivity contribution in [2.24, 2.45) is 0 Å². The van der Waals surface area contributed by atoms with Crippen LogP contribution < -0.4 is 0 Å². The van der Waals surface area contributed by atoms with Crippen LogP contribution in [0.5, 0.6) is 0 Å². The van der Waals surface area contributed by atoms with Crippen molar-refractivity contribution in [1.29, 1.82) is 0 Å². The molecule has 0 bridgehead atoms. The van der Waals surface area contributed by atoms with E-state index in [1.54, 1.807) is 0 Å². The molecule has 0 amide bonds. The lowest BCUT2D eigenvalue weighted by molar-refractivity contribution is 0.101. The molecule has 1 aliphatic rings. The van der Waals surface area contributed by atoms with Crippen molar-refractivity contribution in [3.8, 4) is 0 Å². The van der Waals surface area contributed by atoms with Crippen LogP contribution in [-0.4, -0.2) is 21.0 Å². The summed E-state index contributed by atoms with van der Waals surface area (Å²) in [6.07, 6.45) is 7.14. The number of aromatic nitrogens is 2. The van der Waals surface area contributed by atoms with E-state index in [9.17, 15) is 5.11 Å². The molecule has 3 rings (SSSR count). The van der Waals surface area contributed by atoms with Gasteiger partial charge in [-0.15, -0.1) is 0 Å². The first-order chi connectivity index (χ1) is 8.36. The molecule has 17 heavy (non-hydrogen) atoms. The van der Waals surface area contributed by atoms with Crippen LogP contribution in [0.1, 0.15) is 38.1 Å². The molecule has 3 nitrogen and oxygen atoms in total. The average molecular weight is 230 g/mol. The zero-order valence-electron chi connectivity index (χ0n) is 9.92. The number of aliphatic hydroxyl groups is 1.